The summed E-state index contributed by atoms with van der Waals surface area (Å²) in [5.74, 6) is 1.61. The second-order valence-corrected chi connectivity index (χ2v) is 5.77. The van der Waals surface area contributed by atoms with E-state index in [-0.39, 0.29) is 11.9 Å². The topological polar surface area (TPSA) is 55.6 Å². The molecule has 1 fully saturated rings. The molecule has 0 saturated carbocycles. The van der Waals surface area contributed by atoms with Gasteiger partial charge in [0.1, 0.15) is 5.75 Å². The van der Waals surface area contributed by atoms with Crippen LogP contribution in [0.1, 0.15) is 44.7 Å². The Morgan fingerprint density at radius 1 is 1.33 bits per heavy atom. The van der Waals surface area contributed by atoms with Gasteiger partial charge in [0.15, 0.2) is 0 Å². The highest BCUT2D eigenvalue weighted by atomic mass is 16.5. The van der Waals surface area contributed by atoms with E-state index in [0.717, 1.165) is 30.7 Å². The molecule has 2 atom stereocenters. The maximum Gasteiger partial charge on any atom is 0.222 e. The number of ether oxygens (including phenoxy) is 1. The number of nitrogens with two attached hydrogens (primary N) is 1. The number of nitrogens with zero attached hydrogens (tertiary/aromatic N) is 1. The predicted octanol–water partition coefficient (Wildman–Crippen LogP) is 2.73. The van der Waals surface area contributed by atoms with E-state index in [0.29, 0.717) is 25.5 Å². The number of rotatable bonds is 7. The molecule has 2 rings (SSSR count). The lowest BCUT2D eigenvalue weighted by molar-refractivity contribution is -0.127. The molecular formula is C17H26N2O2. The SMILES string of the molecule is CCCC1CC(=O)N(CC(N)c2ccc(OCC)cc2)C1. The molecule has 1 aromatic rings. The largest absolute Gasteiger partial charge is 0.494 e. The number of benzene rings is 1. The summed E-state index contributed by atoms with van der Waals surface area (Å²) in [6.45, 7) is 6.25. The van der Waals surface area contributed by atoms with Crippen molar-refractivity contribution in [2.75, 3.05) is 19.7 Å². The molecule has 0 aliphatic carbocycles. The van der Waals surface area contributed by atoms with Gasteiger partial charge in [-0.15, -0.1) is 0 Å². The highest BCUT2D eigenvalue weighted by Crippen LogP contribution is 2.24. The standard InChI is InChI=1S/C17H26N2O2/c1-3-5-13-10-17(20)19(11-13)12-16(18)14-6-8-15(9-7-14)21-4-2/h6-9,13,16H,3-5,10-12,18H2,1-2H3. The number of hydrogen-bond donors (Lipinski definition) is 1. The fourth-order valence-electron chi connectivity index (χ4n) is 2.95. The van der Waals surface area contributed by atoms with Gasteiger partial charge in [-0.1, -0.05) is 25.5 Å². The van der Waals surface area contributed by atoms with Crippen LogP contribution in [0.25, 0.3) is 0 Å². The summed E-state index contributed by atoms with van der Waals surface area (Å²) in [5.41, 5.74) is 7.29. The van der Waals surface area contributed by atoms with Crippen LogP contribution in [0.2, 0.25) is 0 Å². The van der Waals surface area contributed by atoms with Gasteiger partial charge in [0.05, 0.1) is 6.61 Å². The molecule has 0 bridgehead atoms. The van der Waals surface area contributed by atoms with Gasteiger partial charge in [0.2, 0.25) is 5.91 Å². The fraction of sp³-hybridized carbons (Fsp3) is 0.588. The van der Waals surface area contributed by atoms with Crippen molar-refractivity contribution in [3.8, 4) is 5.75 Å². The molecule has 1 amide bonds. The van der Waals surface area contributed by atoms with E-state index in [4.69, 9.17) is 10.5 Å². The molecule has 0 radical (unpaired) electrons. The molecule has 0 aromatic heterocycles. The lowest BCUT2D eigenvalue weighted by Gasteiger charge is -2.22. The minimum atomic E-state index is -0.134. The van der Waals surface area contributed by atoms with Crippen LogP contribution in [0, 0.1) is 5.92 Å². The van der Waals surface area contributed by atoms with Crippen LogP contribution >= 0.6 is 0 Å². The number of amides is 1. The zero-order chi connectivity index (χ0) is 15.2. The molecule has 2 N–H and O–H groups in total. The van der Waals surface area contributed by atoms with E-state index in [1.165, 1.54) is 0 Å². The van der Waals surface area contributed by atoms with Gasteiger partial charge in [-0.05, 0) is 37.0 Å². The highest BCUT2D eigenvalue weighted by Gasteiger charge is 2.29. The number of hydrogen-bond acceptors (Lipinski definition) is 3. The van der Waals surface area contributed by atoms with Crippen LogP contribution in [-0.2, 0) is 4.79 Å². The summed E-state index contributed by atoms with van der Waals surface area (Å²) in [5, 5.41) is 0. The first-order chi connectivity index (χ1) is 10.1. The maximum absolute atomic E-state index is 12.0. The third-order valence-electron chi connectivity index (χ3n) is 4.03. The predicted molar refractivity (Wildman–Crippen MR) is 84.1 cm³/mol. The van der Waals surface area contributed by atoms with Gasteiger partial charge in [-0.25, -0.2) is 0 Å². The Morgan fingerprint density at radius 3 is 2.67 bits per heavy atom. The van der Waals surface area contributed by atoms with Crippen molar-refractivity contribution >= 4 is 5.91 Å². The second kappa shape index (κ2) is 7.46. The Kier molecular flexibility index (Phi) is 5.62. The highest BCUT2D eigenvalue weighted by molar-refractivity contribution is 5.78. The molecule has 116 valence electrons. The second-order valence-electron chi connectivity index (χ2n) is 5.77. The Bertz CT molecular complexity index is 458. The third-order valence-corrected chi connectivity index (χ3v) is 4.03. The van der Waals surface area contributed by atoms with Crippen molar-refractivity contribution in [2.24, 2.45) is 11.7 Å². The van der Waals surface area contributed by atoms with Crippen molar-refractivity contribution in [1.82, 2.24) is 4.90 Å². The Labute approximate surface area is 127 Å². The van der Waals surface area contributed by atoms with E-state index < -0.39 is 0 Å². The monoisotopic (exact) mass is 290 g/mol. The van der Waals surface area contributed by atoms with Crippen molar-refractivity contribution in [1.29, 1.82) is 0 Å². The normalized spacial score (nSPS) is 19.9. The first-order valence-electron chi connectivity index (χ1n) is 7.90. The van der Waals surface area contributed by atoms with Crippen LogP contribution in [0.5, 0.6) is 5.75 Å². The fourth-order valence-corrected chi connectivity index (χ4v) is 2.95. The van der Waals surface area contributed by atoms with E-state index in [1.807, 2.05) is 36.1 Å². The zero-order valence-electron chi connectivity index (χ0n) is 13.0. The Balaban J connectivity index is 1.91. The molecule has 4 heteroatoms. The van der Waals surface area contributed by atoms with Crippen molar-refractivity contribution in [3.63, 3.8) is 0 Å². The molecule has 1 aliphatic rings. The van der Waals surface area contributed by atoms with Crippen molar-refractivity contribution in [3.05, 3.63) is 29.8 Å². The Morgan fingerprint density at radius 2 is 2.05 bits per heavy atom. The minimum absolute atomic E-state index is 0.134. The third kappa shape index (κ3) is 4.21. The van der Waals surface area contributed by atoms with Gasteiger partial charge in [0, 0.05) is 25.6 Å². The molecular weight excluding hydrogens is 264 g/mol. The van der Waals surface area contributed by atoms with Crippen molar-refractivity contribution in [2.45, 2.75) is 39.2 Å². The summed E-state index contributed by atoms with van der Waals surface area (Å²) in [6, 6.07) is 7.71. The van der Waals surface area contributed by atoms with Gasteiger partial charge >= 0.3 is 0 Å². The van der Waals surface area contributed by atoms with Gasteiger partial charge in [-0.3, -0.25) is 4.79 Å². The lowest BCUT2D eigenvalue weighted by atomic mass is 10.0. The smallest absolute Gasteiger partial charge is 0.222 e. The van der Waals surface area contributed by atoms with E-state index in [1.54, 1.807) is 0 Å². The zero-order valence-corrected chi connectivity index (χ0v) is 13.0. The van der Waals surface area contributed by atoms with Crippen molar-refractivity contribution < 1.29 is 9.53 Å². The summed E-state index contributed by atoms with van der Waals surface area (Å²) in [7, 11) is 0. The Hall–Kier alpha value is -1.55. The number of carbonyl (C=O) groups excluding carboxylic acids is 1. The summed E-state index contributed by atoms with van der Waals surface area (Å²) in [4.78, 5) is 13.9. The molecule has 1 aliphatic heterocycles. The summed E-state index contributed by atoms with van der Waals surface area (Å²) >= 11 is 0. The first-order valence-corrected chi connectivity index (χ1v) is 7.90. The van der Waals surface area contributed by atoms with E-state index >= 15 is 0 Å². The van der Waals surface area contributed by atoms with Crippen LogP contribution in [-0.4, -0.2) is 30.5 Å². The molecule has 1 saturated heterocycles. The summed E-state index contributed by atoms with van der Waals surface area (Å²) in [6.07, 6.45) is 2.95. The molecule has 21 heavy (non-hydrogen) atoms. The molecule has 1 aromatic carbocycles. The van der Waals surface area contributed by atoms with E-state index in [9.17, 15) is 4.79 Å². The molecule has 0 spiro atoms. The average Bonchev–Trinajstić information content (AvgIpc) is 2.80. The first kappa shape index (κ1) is 15.8. The number of likely N-dealkylation sites (tertiary alicyclic amines) is 1. The lowest BCUT2D eigenvalue weighted by Crippen LogP contribution is -2.33. The number of carbonyl (C=O) groups is 1. The van der Waals surface area contributed by atoms with Crippen LogP contribution in [0.4, 0.5) is 0 Å². The average molecular weight is 290 g/mol. The molecule has 2 unspecified atom stereocenters. The molecule has 1 heterocycles. The van der Waals surface area contributed by atoms with Gasteiger partial charge in [-0.2, -0.15) is 0 Å². The van der Waals surface area contributed by atoms with Crippen LogP contribution < -0.4 is 10.5 Å². The van der Waals surface area contributed by atoms with Gasteiger partial charge in [0.25, 0.3) is 0 Å². The van der Waals surface area contributed by atoms with E-state index in [2.05, 4.69) is 6.92 Å². The maximum atomic E-state index is 12.0. The minimum Gasteiger partial charge on any atom is -0.494 e. The van der Waals surface area contributed by atoms with Crippen LogP contribution in [0.15, 0.2) is 24.3 Å². The van der Waals surface area contributed by atoms with Crippen LogP contribution in [0.3, 0.4) is 0 Å². The van der Waals surface area contributed by atoms with Gasteiger partial charge < -0.3 is 15.4 Å². The summed E-state index contributed by atoms with van der Waals surface area (Å²) < 4.78 is 5.43. The molecule has 4 nitrogen and oxygen atoms in total. The quantitative estimate of drug-likeness (QED) is 0.840.